The zero-order valence-corrected chi connectivity index (χ0v) is 16.6. The number of ether oxygens (including phenoxy) is 2. The first-order valence-electron chi connectivity index (χ1n) is 9.48. The van der Waals surface area contributed by atoms with E-state index in [1.54, 1.807) is 26.4 Å². The van der Waals surface area contributed by atoms with Crippen LogP contribution in [0.2, 0.25) is 0 Å². The minimum Gasteiger partial charge on any atom is -0.497 e. The maximum absolute atomic E-state index is 12.6. The van der Waals surface area contributed by atoms with Crippen molar-refractivity contribution in [1.29, 1.82) is 0 Å². The van der Waals surface area contributed by atoms with Crippen LogP contribution in [-0.4, -0.2) is 35.6 Å². The number of hydrogen-bond acceptors (Lipinski definition) is 6. The third-order valence-corrected chi connectivity index (χ3v) is 5.15. The van der Waals surface area contributed by atoms with Crippen LogP contribution in [-0.2, 0) is 19.5 Å². The molecule has 150 valence electrons. The Labute approximate surface area is 169 Å². The second-order valence-corrected chi connectivity index (χ2v) is 7.14. The quantitative estimate of drug-likeness (QED) is 0.649. The molecule has 3 aromatic rings. The number of nitrogens with one attached hydrogen (secondary N) is 1. The van der Waals surface area contributed by atoms with Crippen molar-refractivity contribution in [2.75, 3.05) is 26.5 Å². The van der Waals surface area contributed by atoms with E-state index in [-0.39, 0.29) is 5.56 Å². The minimum absolute atomic E-state index is 0.0653. The topological polar surface area (TPSA) is 93.5 Å². The second kappa shape index (κ2) is 7.97. The lowest BCUT2D eigenvalue weighted by atomic mass is 10.0. The number of hydrogen-bond donors (Lipinski definition) is 2. The maximum atomic E-state index is 12.6. The van der Waals surface area contributed by atoms with E-state index in [4.69, 9.17) is 20.2 Å². The fourth-order valence-corrected chi connectivity index (χ4v) is 3.62. The van der Waals surface area contributed by atoms with Crippen LogP contribution < -0.4 is 20.8 Å². The Bertz CT molecular complexity index is 1050. The molecule has 7 nitrogen and oxygen atoms in total. The predicted molar refractivity (Wildman–Crippen MR) is 112 cm³/mol. The SMILES string of the molecule is COc1cc(CN2CCc3c(nc(-c4ccc(N)cc4)[nH]c3=O)C2)cc(OC)c1. The van der Waals surface area contributed by atoms with Crippen LogP contribution in [0, 0.1) is 0 Å². The van der Waals surface area contributed by atoms with Gasteiger partial charge in [0, 0.05) is 42.5 Å². The third kappa shape index (κ3) is 4.09. The standard InChI is InChI=1S/C22H24N4O3/c1-28-17-9-14(10-18(11-17)29-2)12-26-8-7-19-20(13-26)24-21(25-22(19)27)15-3-5-16(23)6-4-15/h3-6,9-11H,7-8,12-13,23H2,1-2H3,(H,24,25,27). The van der Waals surface area contributed by atoms with E-state index >= 15 is 0 Å². The molecule has 0 unspecified atom stereocenters. The number of aromatic amines is 1. The molecule has 2 aromatic carbocycles. The number of rotatable bonds is 5. The Balaban J connectivity index is 1.59. The van der Waals surface area contributed by atoms with Gasteiger partial charge in [-0.2, -0.15) is 0 Å². The number of anilines is 1. The molecule has 0 aliphatic carbocycles. The van der Waals surface area contributed by atoms with Crippen molar-refractivity contribution in [1.82, 2.24) is 14.9 Å². The lowest BCUT2D eigenvalue weighted by Gasteiger charge is -2.28. The van der Waals surface area contributed by atoms with Crippen LogP contribution in [0.25, 0.3) is 11.4 Å². The average Bonchev–Trinajstić information content (AvgIpc) is 2.73. The van der Waals surface area contributed by atoms with Gasteiger partial charge in [0.25, 0.3) is 5.56 Å². The van der Waals surface area contributed by atoms with Gasteiger partial charge in [-0.1, -0.05) is 0 Å². The molecule has 0 amide bonds. The van der Waals surface area contributed by atoms with Crippen molar-refractivity contribution in [3.8, 4) is 22.9 Å². The first-order valence-corrected chi connectivity index (χ1v) is 9.48. The van der Waals surface area contributed by atoms with Gasteiger partial charge in [0.1, 0.15) is 17.3 Å². The lowest BCUT2D eigenvalue weighted by molar-refractivity contribution is 0.240. The summed E-state index contributed by atoms with van der Waals surface area (Å²) in [5.74, 6) is 2.09. The highest BCUT2D eigenvalue weighted by Gasteiger charge is 2.22. The van der Waals surface area contributed by atoms with Crippen LogP contribution in [0.4, 0.5) is 5.69 Å². The summed E-state index contributed by atoms with van der Waals surface area (Å²) in [6.07, 6.45) is 0.667. The molecule has 7 heteroatoms. The molecule has 0 spiro atoms. The number of benzene rings is 2. The van der Waals surface area contributed by atoms with Crippen LogP contribution in [0.5, 0.6) is 11.5 Å². The highest BCUT2D eigenvalue weighted by atomic mass is 16.5. The molecular formula is C22H24N4O3. The van der Waals surface area contributed by atoms with Gasteiger partial charge in [-0.05, 0) is 48.4 Å². The molecule has 0 saturated heterocycles. The molecule has 0 fully saturated rings. The number of nitrogens with zero attached hydrogens (tertiary/aromatic N) is 2. The number of nitrogen functional groups attached to an aromatic ring is 1. The van der Waals surface area contributed by atoms with E-state index < -0.39 is 0 Å². The van der Waals surface area contributed by atoms with Crippen LogP contribution in [0.15, 0.2) is 47.3 Å². The van der Waals surface area contributed by atoms with Crippen molar-refractivity contribution in [2.24, 2.45) is 0 Å². The number of nitrogens with two attached hydrogens (primary N) is 1. The van der Waals surface area contributed by atoms with Crippen LogP contribution in [0.1, 0.15) is 16.8 Å². The molecular weight excluding hydrogens is 368 g/mol. The van der Waals surface area contributed by atoms with E-state index in [0.29, 0.717) is 24.5 Å². The van der Waals surface area contributed by atoms with Gasteiger partial charge in [0.15, 0.2) is 0 Å². The summed E-state index contributed by atoms with van der Waals surface area (Å²) in [5, 5.41) is 0. The Morgan fingerprint density at radius 3 is 2.45 bits per heavy atom. The van der Waals surface area contributed by atoms with E-state index in [1.807, 2.05) is 30.3 Å². The summed E-state index contributed by atoms with van der Waals surface area (Å²) >= 11 is 0. The largest absolute Gasteiger partial charge is 0.497 e. The number of methoxy groups -OCH3 is 2. The zero-order chi connectivity index (χ0) is 20.4. The molecule has 2 heterocycles. The normalized spacial score (nSPS) is 13.7. The maximum Gasteiger partial charge on any atom is 0.254 e. The summed E-state index contributed by atoms with van der Waals surface area (Å²) in [5.41, 5.74) is 9.89. The van der Waals surface area contributed by atoms with E-state index in [1.165, 1.54) is 0 Å². The Hall–Kier alpha value is -3.32. The summed E-state index contributed by atoms with van der Waals surface area (Å²) in [4.78, 5) is 22.5. The average molecular weight is 392 g/mol. The second-order valence-electron chi connectivity index (χ2n) is 7.14. The van der Waals surface area contributed by atoms with Crippen LogP contribution >= 0.6 is 0 Å². The summed E-state index contributed by atoms with van der Waals surface area (Å²) in [6, 6.07) is 13.2. The minimum atomic E-state index is -0.0653. The predicted octanol–water partition coefficient (Wildman–Crippen LogP) is 2.59. The fraction of sp³-hybridized carbons (Fsp3) is 0.273. The van der Waals surface area contributed by atoms with Crippen molar-refractivity contribution in [3.63, 3.8) is 0 Å². The molecule has 3 N–H and O–H groups in total. The van der Waals surface area contributed by atoms with Crippen molar-refractivity contribution in [3.05, 3.63) is 69.6 Å². The van der Waals surface area contributed by atoms with E-state index in [9.17, 15) is 4.79 Å². The summed E-state index contributed by atoms with van der Waals surface area (Å²) in [7, 11) is 3.29. The summed E-state index contributed by atoms with van der Waals surface area (Å²) in [6.45, 7) is 2.12. The third-order valence-electron chi connectivity index (χ3n) is 5.15. The Morgan fingerprint density at radius 2 is 1.79 bits per heavy atom. The van der Waals surface area contributed by atoms with Gasteiger partial charge in [0.05, 0.1) is 19.9 Å². The van der Waals surface area contributed by atoms with Gasteiger partial charge in [0.2, 0.25) is 0 Å². The Morgan fingerprint density at radius 1 is 1.10 bits per heavy atom. The lowest BCUT2D eigenvalue weighted by Crippen LogP contribution is -2.35. The van der Waals surface area contributed by atoms with Crippen molar-refractivity contribution in [2.45, 2.75) is 19.5 Å². The van der Waals surface area contributed by atoms with Crippen molar-refractivity contribution >= 4 is 5.69 Å². The van der Waals surface area contributed by atoms with Crippen LogP contribution in [0.3, 0.4) is 0 Å². The molecule has 0 bridgehead atoms. The molecule has 1 aromatic heterocycles. The molecule has 1 aliphatic heterocycles. The zero-order valence-electron chi connectivity index (χ0n) is 16.6. The smallest absolute Gasteiger partial charge is 0.254 e. The van der Waals surface area contributed by atoms with Gasteiger partial charge in [-0.15, -0.1) is 0 Å². The van der Waals surface area contributed by atoms with Gasteiger partial charge in [-0.25, -0.2) is 4.98 Å². The number of fused-ring (bicyclic) bond motifs is 1. The van der Waals surface area contributed by atoms with Gasteiger partial charge in [-0.3, -0.25) is 9.69 Å². The van der Waals surface area contributed by atoms with Gasteiger partial charge >= 0.3 is 0 Å². The fourth-order valence-electron chi connectivity index (χ4n) is 3.62. The van der Waals surface area contributed by atoms with Gasteiger partial charge < -0.3 is 20.2 Å². The molecule has 0 radical (unpaired) electrons. The highest BCUT2D eigenvalue weighted by Crippen LogP contribution is 2.25. The number of H-pyrrole nitrogens is 1. The highest BCUT2D eigenvalue weighted by molar-refractivity contribution is 5.58. The Kier molecular flexibility index (Phi) is 5.22. The van der Waals surface area contributed by atoms with Crippen molar-refractivity contribution < 1.29 is 9.47 Å². The summed E-state index contributed by atoms with van der Waals surface area (Å²) < 4.78 is 10.7. The number of aromatic nitrogens is 2. The molecule has 0 saturated carbocycles. The molecule has 1 aliphatic rings. The molecule has 0 atom stereocenters. The first kappa shape index (κ1) is 19.0. The first-order chi connectivity index (χ1) is 14.1. The molecule has 29 heavy (non-hydrogen) atoms. The van der Waals surface area contributed by atoms with E-state index in [0.717, 1.165) is 47.0 Å². The molecule has 4 rings (SSSR count). The monoisotopic (exact) mass is 392 g/mol. The van der Waals surface area contributed by atoms with E-state index in [2.05, 4.69) is 9.88 Å².